The highest BCUT2D eigenvalue weighted by molar-refractivity contribution is 4.76. The molecule has 1 aliphatic heterocycles. The molecule has 0 aliphatic carbocycles. The molecule has 0 saturated carbocycles. The normalized spacial score (nSPS) is 19.3. The van der Waals surface area contributed by atoms with Crippen LogP contribution in [0.25, 0.3) is 0 Å². The van der Waals surface area contributed by atoms with Gasteiger partial charge in [-0.1, -0.05) is 6.92 Å². The summed E-state index contributed by atoms with van der Waals surface area (Å²) in [7, 11) is 0. The van der Waals surface area contributed by atoms with Crippen LogP contribution in [0.3, 0.4) is 0 Å². The first-order valence-electron chi connectivity index (χ1n) is 7.36. The highest BCUT2D eigenvalue weighted by atomic mass is 16.7. The zero-order chi connectivity index (χ0) is 13.2. The Labute approximate surface area is 111 Å². The molecular formula is C14H29NO3. The van der Waals surface area contributed by atoms with Gasteiger partial charge in [0.15, 0.2) is 6.29 Å². The summed E-state index contributed by atoms with van der Waals surface area (Å²) in [6.07, 6.45) is 3.31. The molecule has 0 spiro atoms. The van der Waals surface area contributed by atoms with Crippen molar-refractivity contribution in [3.05, 3.63) is 0 Å². The average Bonchev–Trinajstić information content (AvgIpc) is 2.39. The van der Waals surface area contributed by atoms with E-state index in [4.69, 9.17) is 14.2 Å². The predicted octanol–water partition coefficient (Wildman–Crippen LogP) is 2.18. The number of hydrogen-bond acceptors (Lipinski definition) is 4. The lowest BCUT2D eigenvalue weighted by molar-refractivity contribution is -0.157. The quantitative estimate of drug-likeness (QED) is 0.644. The number of likely N-dealkylation sites (N-methyl/N-ethyl adjacent to an activating group) is 1. The standard InChI is InChI=1S/C14H29NO3/c1-4-15-13(14(17-5-2)18-6-3)11-12-7-9-16-10-8-12/h12-15H,4-11H2,1-3H3. The molecule has 4 nitrogen and oxygen atoms in total. The molecule has 1 fully saturated rings. The Kier molecular flexibility index (Phi) is 8.59. The molecule has 0 aromatic carbocycles. The highest BCUT2D eigenvalue weighted by Crippen LogP contribution is 2.22. The summed E-state index contributed by atoms with van der Waals surface area (Å²) in [4.78, 5) is 0. The molecule has 0 aromatic heterocycles. The Morgan fingerprint density at radius 2 is 1.72 bits per heavy atom. The number of hydrogen-bond donors (Lipinski definition) is 1. The van der Waals surface area contributed by atoms with Gasteiger partial charge in [0.05, 0.1) is 6.04 Å². The maximum Gasteiger partial charge on any atom is 0.172 e. The molecule has 1 aliphatic rings. The summed E-state index contributed by atoms with van der Waals surface area (Å²) in [6.45, 7) is 10.3. The van der Waals surface area contributed by atoms with Gasteiger partial charge >= 0.3 is 0 Å². The predicted molar refractivity (Wildman–Crippen MR) is 72.7 cm³/mol. The van der Waals surface area contributed by atoms with Gasteiger partial charge in [-0.15, -0.1) is 0 Å². The summed E-state index contributed by atoms with van der Waals surface area (Å²) in [6, 6.07) is 0.290. The van der Waals surface area contributed by atoms with Crippen LogP contribution in [-0.4, -0.2) is 45.3 Å². The second-order valence-corrected chi connectivity index (χ2v) is 4.73. The third-order valence-electron chi connectivity index (χ3n) is 3.38. The lowest BCUT2D eigenvalue weighted by Crippen LogP contribution is -2.44. The molecule has 1 N–H and O–H groups in total. The van der Waals surface area contributed by atoms with E-state index in [2.05, 4.69) is 12.2 Å². The van der Waals surface area contributed by atoms with Crippen molar-refractivity contribution in [2.75, 3.05) is 33.0 Å². The maximum absolute atomic E-state index is 5.72. The molecule has 1 rings (SSSR count). The Morgan fingerprint density at radius 3 is 2.22 bits per heavy atom. The van der Waals surface area contributed by atoms with Crippen molar-refractivity contribution >= 4 is 0 Å². The fourth-order valence-corrected chi connectivity index (χ4v) is 2.50. The maximum atomic E-state index is 5.72. The Morgan fingerprint density at radius 1 is 1.11 bits per heavy atom. The van der Waals surface area contributed by atoms with E-state index in [1.807, 2.05) is 13.8 Å². The first-order valence-corrected chi connectivity index (χ1v) is 7.36. The minimum absolute atomic E-state index is 0.122. The van der Waals surface area contributed by atoms with Crippen LogP contribution in [-0.2, 0) is 14.2 Å². The lowest BCUT2D eigenvalue weighted by atomic mass is 9.92. The van der Waals surface area contributed by atoms with Gasteiger partial charge in [0.2, 0.25) is 0 Å². The van der Waals surface area contributed by atoms with Crippen molar-refractivity contribution < 1.29 is 14.2 Å². The Hall–Kier alpha value is -0.160. The van der Waals surface area contributed by atoms with E-state index in [0.29, 0.717) is 13.2 Å². The minimum Gasteiger partial charge on any atom is -0.381 e. The van der Waals surface area contributed by atoms with Crippen LogP contribution in [0.15, 0.2) is 0 Å². The third kappa shape index (κ3) is 5.65. The molecule has 0 amide bonds. The first-order chi connectivity index (χ1) is 8.81. The van der Waals surface area contributed by atoms with Crippen LogP contribution in [0.5, 0.6) is 0 Å². The second kappa shape index (κ2) is 9.73. The molecule has 1 atom stereocenters. The summed E-state index contributed by atoms with van der Waals surface area (Å²) < 4.78 is 16.9. The summed E-state index contributed by atoms with van der Waals surface area (Å²) in [5.74, 6) is 0.728. The van der Waals surface area contributed by atoms with Gasteiger partial charge in [0, 0.05) is 26.4 Å². The number of nitrogens with one attached hydrogen (secondary N) is 1. The summed E-state index contributed by atoms with van der Waals surface area (Å²) >= 11 is 0. The zero-order valence-electron chi connectivity index (χ0n) is 12.1. The Bertz CT molecular complexity index is 189. The van der Waals surface area contributed by atoms with Crippen molar-refractivity contribution in [2.24, 2.45) is 5.92 Å². The Balaban J connectivity index is 2.48. The molecule has 108 valence electrons. The van der Waals surface area contributed by atoms with Gasteiger partial charge in [-0.25, -0.2) is 0 Å². The van der Waals surface area contributed by atoms with Crippen LogP contribution < -0.4 is 5.32 Å². The van der Waals surface area contributed by atoms with Gasteiger partial charge in [0.1, 0.15) is 0 Å². The molecule has 1 saturated heterocycles. The van der Waals surface area contributed by atoms with Crippen LogP contribution in [0.2, 0.25) is 0 Å². The van der Waals surface area contributed by atoms with E-state index in [1.54, 1.807) is 0 Å². The van der Waals surface area contributed by atoms with Crippen molar-refractivity contribution in [3.8, 4) is 0 Å². The van der Waals surface area contributed by atoms with E-state index >= 15 is 0 Å². The summed E-state index contributed by atoms with van der Waals surface area (Å²) in [5, 5.41) is 3.51. The first kappa shape index (κ1) is 15.9. The molecule has 0 aromatic rings. The molecule has 0 radical (unpaired) electrons. The van der Waals surface area contributed by atoms with Crippen LogP contribution in [0, 0.1) is 5.92 Å². The summed E-state index contributed by atoms with van der Waals surface area (Å²) in [5.41, 5.74) is 0. The average molecular weight is 259 g/mol. The van der Waals surface area contributed by atoms with Crippen molar-refractivity contribution in [1.82, 2.24) is 5.32 Å². The van der Waals surface area contributed by atoms with Crippen molar-refractivity contribution in [1.29, 1.82) is 0 Å². The lowest BCUT2D eigenvalue weighted by Gasteiger charge is -2.32. The largest absolute Gasteiger partial charge is 0.381 e. The molecule has 1 unspecified atom stereocenters. The molecule has 4 heteroatoms. The monoisotopic (exact) mass is 259 g/mol. The zero-order valence-corrected chi connectivity index (χ0v) is 12.1. The highest BCUT2D eigenvalue weighted by Gasteiger charge is 2.26. The van der Waals surface area contributed by atoms with Crippen LogP contribution >= 0.6 is 0 Å². The molecule has 1 heterocycles. The van der Waals surface area contributed by atoms with E-state index < -0.39 is 0 Å². The SMILES string of the molecule is CCNC(CC1CCOCC1)C(OCC)OCC. The molecule has 0 bridgehead atoms. The smallest absolute Gasteiger partial charge is 0.172 e. The number of rotatable bonds is 9. The fraction of sp³-hybridized carbons (Fsp3) is 1.00. The minimum atomic E-state index is -0.122. The van der Waals surface area contributed by atoms with E-state index in [0.717, 1.165) is 44.9 Å². The molecular weight excluding hydrogens is 230 g/mol. The number of ether oxygens (including phenoxy) is 3. The van der Waals surface area contributed by atoms with Crippen molar-refractivity contribution in [2.45, 2.75) is 52.4 Å². The van der Waals surface area contributed by atoms with Gasteiger partial charge in [-0.2, -0.15) is 0 Å². The van der Waals surface area contributed by atoms with E-state index in [1.165, 1.54) is 0 Å². The van der Waals surface area contributed by atoms with Gasteiger partial charge in [-0.05, 0) is 45.6 Å². The second-order valence-electron chi connectivity index (χ2n) is 4.73. The van der Waals surface area contributed by atoms with Gasteiger partial charge in [0.25, 0.3) is 0 Å². The molecule has 18 heavy (non-hydrogen) atoms. The van der Waals surface area contributed by atoms with E-state index in [-0.39, 0.29) is 12.3 Å². The van der Waals surface area contributed by atoms with Crippen LogP contribution in [0.4, 0.5) is 0 Å². The fourth-order valence-electron chi connectivity index (χ4n) is 2.50. The van der Waals surface area contributed by atoms with Gasteiger partial charge < -0.3 is 19.5 Å². The van der Waals surface area contributed by atoms with Crippen LogP contribution in [0.1, 0.15) is 40.0 Å². The van der Waals surface area contributed by atoms with E-state index in [9.17, 15) is 0 Å². The van der Waals surface area contributed by atoms with Crippen molar-refractivity contribution in [3.63, 3.8) is 0 Å². The third-order valence-corrected chi connectivity index (χ3v) is 3.38. The topological polar surface area (TPSA) is 39.7 Å². The van der Waals surface area contributed by atoms with Gasteiger partial charge in [-0.3, -0.25) is 0 Å².